The predicted octanol–water partition coefficient (Wildman–Crippen LogP) is 3.56. The first-order valence-electron chi connectivity index (χ1n) is 10.2. The Hall–Kier alpha value is -2.87. The number of H-pyrrole nitrogens is 1. The molecule has 0 radical (unpaired) electrons. The Morgan fingerprint density at radius 2 is 2.20 bits per heavy atom. The molecule has 1 aliphatic heterocycles. The Labute approximate surface area is 173 Å². The molecule has 3 heterocycles. The maximum atomic E-state index is 14.7. The van der Waals surface area contributed by atoms with E-state index in [4.69, 9.17) is 0 Å². The second-order valence-electron chi connectivity index (χ2n) is 8.21. The van der Waals surface area contributed by atoms with Gasteiger partial charge in [0.2, 0.25) is 5.95 Å². The Balaban J connectivity index is 1.53. The summed E-state index contributed by atoms with van der Waals surface area (Å²) in [6.07, 6.45) is 0.800. The van der Waals surface area contributed by atoms with Gasteiger partial charge in [0.15, 0.2) is 5.69 Å². The van der Waals surface area contributed by atoms with Crippen LogP contribution in [0.5, 0.6) is 0 Å². The second kappa shape index (κ2) is 8.47. The first kappa shape index (κ1) is 20.4. The minimum absolute atomic E-state index is 0.174. The third-order valence-electron chi connectivity index (χ3n) is 5.41. The van der Waals surface area contributed by atoms with Crippen molar-refractivity contribution < 1.29 is 13.6 Å². The predicted molar refractivity (Wildman–Crippen MR) is 111 cm³/mol. The Bertz CT molecular complexity index is 1050. The number of hydrogen-bond acceptors (Lipinski definition) is 4. The minimum Gasteiger partial charge on any atom is -0.345 e. The van der Waals surface area contributed by atoms with Crippen LogP contribution in [-0.2, 0) is 0 Å². The van der Waals surface area contributed by atoms with Crippen LogP contribution < -0.4 is 5.32 Å². The number of piperidine rings is 1. The Morgan fingerprint density at radius 3 is 2.93 bits per heavy atom. The van der Waals surface area contributed by atoms with Crippen molar-refractivity contribution in [2.75, 3.05) is 19.6 Å². The standard InChI is InChI=1S/C22H25F2N5O/c1-13(2)11-29-9-7-19(17(23)12-29)26-22(30)20-16-10-14(5-6-18(16)27-28-20)15-4-3-8-25-21(15)24/h3-6,8,10,13,17,19H,7,9,11-12H2,1-2H3,(H,26,30)(H,27,28)/t17-,19-/m0/s1. The third kappa shape index (κ3) is 4.18. The number of fused-ring (bicyclic) bond motifs is 1. The van der Waals surface area contributed by atoms with E-state index in [1.54, 1.807) is 30.3 Å². The molecule has 158 valence electrons. The summed E-state index contributed by atoms with van der Waals surface area (Å²) in [6, 6.07) is 7.91. The van der Waals surface area contributed by atoms with Crippen LogP contribution in [0.1, 0.15) is 30.8 Å². The number of nitrogens with one attached hydrogen (secondary N) is 2. The highest BCUT2D eigenvalue weighted by molar-refractivity contribution is 6.05. The normalized spacial score (nSPS) is 20.0. The highest BCUT2D eigenvalue weighted by Gasteiger charge is 2.31. The lowest BCUT2D eigenvalue weighted by atomic mass is 10.0. The van der Waals surface area contributed by atoms with Crippen molar-refractivity contribution in [2.45, 2.75) is 32.5 Å². The van der Waals surface area contributed by atoms with E-state index in [1.807, 2.05) is 0 Å². The number of alkyl halides is 1. The molecule has 3 aromatic rings. The van der Waals surface area contributed by atoms with Gasteiger partial charge >= 0.3 is 0 Å². The maximum absolute atomic E-state index is 14.7. The van der Waals surface area contributed by atoms with Crippen molar-refractivity contribution in [1.29, 1.82) is 0 Å². The summed E-state index contributed by atoms with van der Waals surface area (Å²) < 4.78 is 28.7. The number of pyridine rings is 1. The molecule has 0 aliphatic carbocycles. The summed E-state index contributed by atoms with van der Waals surface area (Å²) in [5.41, 5.74) is 1.76. The van der Waals surface area contributed by atoms with Gasteiger partial charge in [0.25, 0.3) is 5.91 Å². The average Bonchev–Trinajstić information content (AvgIpc) is 3.13. The number of benzene rings is 1. The molecule has 1 amide bonds. The Morgan fingerprint density at radius 1 is 1.37 bits per heavy atom. The van der Waals surface area contributed by atoms with Crippen LogP contribution >= 0.6 is 0 Å². The van der Waals surface area contributed by atoms with Crippen molar-refractivity contribution in [3.8, 4) is 11.1 Å². The lowest BCUT2D eigenvalue weighted by molar-refractivity contribution is 0.0748. The van der Waals surface area contributed by atoms with E-state index in [0.29, 0.717) is 40.9 Å². The summed E-state index contributed by atoms with van der Waals surface area (Å²) in [5, 5.41) is 10.3. The molecule has 2 atom stereocenters. The zero-order valence-electron chi connectivity index (χ0n) is 17.0. The van der Waals surface area contributed by atoms with Crippen molar-refractivity contribution in [3.05, 3.63) is 48.2 Å². The van der Waals surface area contributed by atoms with E-state index in [1.165, 1.54) is 6.20 Å². The summed E-state index contributed by atoms with van der Waals surface area (Å²) >= 11 is 0. The third-order valence-corrected chi connectivity index (χ3v) is 5.41. The zero-order chi connectivity index (χ0) is 21.3. The van der Waals surface area contributed by atoms with E-state index in [9.17, 15) is 13.6 Å². The number of rotatable bonds is 5. The van der Waals surface area contributed by atoms with E-state index < -0.39 is 24.1 Å². The molecule has 2 N–H and O–H groups in total. The molecule has 1 fully saturated rings. The largest absolute Gasteiger partial charge is 0.345 e. The van der Waals surface area contributed by atoms with Crippen molar-refractivity contribution in [3.63, 3.8) is 0 Å². The van der Waals surface area contributed by atoms with Crippen molar-refractivity contribution in [2.24, 2.45) is 5.92 Å². The number of aromatic nitrogens is 3. The van der Waals surface area contributed by atoms with Crippen LogP contribution in [0, 0.1) is 11.9 Å². The van der Waals surface area contributed by atoms with E-state index in [-0.39, 0.29) is 5.69 Å². The molecule has 0 unspecified atom stereocenters. The van der Waals surface area contributed by atoms with Gasteiger partial charge in [-0.2, -0.15) is 9.49 Å². The number of halogens is 2. The number of amides is 1. The summed E-state index contributed by atoms with van der Waals surface area (Å²) in [7, 11) is 0. The molecule has 4 rings (SSSR count). The zero-order valence-corrected chi connectivity index (χ0v) is 17.0. The molecule has 1 aromatic carbocycles. The lowest BCUT2D eigenvalue weighted by Crippen LogP contribution is -2.53. The molecule has 0 saturated carbocycles. The topological polar surface area (TPSA) is 73.9 Å². The number of nitrogens with zero attached hydrogens (tertiary/aromatic N) is 3. The fourth-order valence-corrected chi connectivity index (χ4v) is 4.01. The summed E-state index contributed by atoms with van der Waals surface area (Å²) in [6.45, 7) is 6.12. The van der Waals surface area contributed by atoms with Gasteiger partial charge in [-0.05, 0) is 42.2 Å². The molecule has 30 heavy (non-hydrogen) atoms. The molecule has 6 nitrogen and oxygen atoms in total. The quantitative estimate of drug-likeness (QED) is 0.628. The van der Waals surface area contributed by atoms with Gasteiger partial charge in [0.1, 0.15) is 6.17 Å². The molecular weight excluding hydrogens is 388 g/mol. The number of hydrogen-bond donors (Lipinski definition) is 2. The molecular formula is C22H25F2N5O. The van der Waals surface area contributed by atoms with Crippen LogP contribution in [0.2, 0.25) is 0 Å². The highest BCUT2D eigenvalue weighted by Crippen LogP contribution is 2.27. The van der Waals surface area contributed by atoms with Gasteiger partial charge in [-0.15, -0.1) is 0 Å². The fraction of sp³-hybridized carbons (Fsp3) is 0.409. The minimum atomic E-state index is -1.13. The molecule has 0 spiro atoms. The van der Waals surface area contributed by atoms with Crippen LogP contribution in [0.4, 0.5) is 8.78 Å². The monoisotopic (exact) mass is 413 g/mol. The number of carbonyl (C=O) groups is 1. The lowest BCUT2D eigenvalue weighted by Gasteiger charge is -2.35. The summed E-state index contributed by atoms with van der Waals surface area (Å²) in [4.78, 5) is 18.6. The van der Waals surface area contributed by atoms with Gasteiger partial charge in [0.05, 0.1) is 11.6 Å². The van der Waals surface area contributed by atoms with Gasteiger partial charge in [-0.25, -0.2) is 9.37 Å². The van der Waals surface area contributed by atoms with Crippen LogP contribution in [0.15, 0.2) is 36.5 Å². The van der Waals surface area contributed by atoms with Crippen molar-refractivity contribution in [1.82, 2.24) is 25.4 Å². The summed E-state index contributed by atoms with van der Waals surface area (Å²) in [5.74, 6) is -0.549. The first-order valence-corrected chi connectivity index (χ1v) is 10.2. The molecule has 2 aromatic heterocycles. The SMILES string of the molecule is CC(C)CN1CC[C@H](NC(=O)c2n[nH]c3ccc(-c4cccnc4F)cc23)[C@@H](F)C1. The highest BCUT2D eigenvalue weighted by atomic mass is 19.1. The van der Waals surface area contributed by atoms with E-state index in [0.717, 1.165) is 13.1 Å². The van der Waals surface area contributed by atoms with Gasteiger partial charge in [-0.3, -0.25) is 9.89 Å². The molecule has 8 heteroatoms. The van der Waals surface area contributed by atoms with Crippen molar-refractivity contribution >= 4 is 16.8 Å². The van der Waals surface area contributed by atoms with Gasteiger partial charge in [0, 0.05) is 36.8 Å². The van der Waals surface area contributed by atoms with Gasteiger partial charge < -0.3 is 10.2 Å². The Kier molecular flexibility index (Phi) is 5.76. The van der Waals surface area contributed by atoms with E-state index >= 15 is 0 Å². The number of aromatic amines is 1. The average molecular weight is 413 g/mol. The maximum Gasteiger partial charge on any atom is 0.272 e. The molecule has 1 aliphatic rings. The first-order chi connectivity index (χ1) is 14.4. The van der Waals surface area contributed by atoms with Gasteiger partial charge in [-0.1, -0.05) is 19.9 Å². The van der Waals surface area contributed by atoms with Crippen LogP contribution in [0.25, 0.3) is 22.0 Å². The molecule has 0 bridgehead atoms. The fourth-order valence-electron chi connectivity index (χ4n) is 4.01. The van der Waals surface area contributed by atoms with E-state index in [2.05, 4.69) is 39.2 Å². The smallest absolute Gasteiger partial charge is 0.272 e. The van der Waals surface area contributed by atoms with Crippen LogP contribution in [0.3, 0.4) is 0 Å². The number of likely N-dealkylation sites (tertiary alicyclic amines) is 1. The number of carbonyl (C=O) groups excluding carboxylic acids is 1. The molecule has 1 saturated heterocycles. The second-order valence-corrected chi connectivity index (χ2v) is 8.21. The van der Waals surface area contributed by atoms with Crippen LogP contribution in [-0.4, -0.2) is 57.8 Å².